The Morgan fingerprint density at radius 1 is 1.41 bits per heavy atom. The van der Waals surface area contributed by atoms with Crippen molar-refractivity contribution >= 4 is 5.78 Å². The van der Waals surface area contributed by atoms with Crippen molar-refractivity contribution in [1.29, 1.82) is 0 Å². The van der Waals surface area contributed by atoms with Gasteiger partial charge in [0.05, 0.1) is 12.0 Å². The van der Waals surface area contributed by atoms with Crippen molar-refractivity contribution in [3.63, 3.8) is 0 Å². The van der Waals surface area contributed by atoms with Crippen molar-refractivity contribution in [3.8, 4) is 0 Å². The van der Waals surface area contributed by atoms with Crippen LogP contribution < -0.4 is 0 Å². The molecule has 2 nitrogen and oxygen atoms in total. The third-order valence-electron chi connectivity index (χ3n) is 3.15. The lowest BCUT2D eigenvalue weighted by molar-refractivity contribution is 0.0688. The van der Waals surface area contributed by atoms with Crippen LogP contribution in [0, 0.1) is 17.6 Å². The number of benzene rings is 1. The number of carbonyl (C=O) groups is 1. The third kappa shape index (κ3) is 2.36. The first kappa shape index (κ1) is 12.2. The molecule has 1 heterocycles. The molecule has 0 N–H and O–H groups in total. The highest BCUT2D eigenvalue weighted by Crippen LogP contribution is 2.27. The van der Waals surface area contributed by atoms with Gasteiger partial charge in [-0.1, -0.05) is 6.92 Å². The molecule has 0 amide bonds. The fourth-order valence-corrected chi connectivity index (χ4v) is 2.21. The fourth-order valence-electron chi connectivity index (χ4n) is 2.21. The molecule has 0 aromatic heterocycles. The van der Waals surface area contributed by atoms with Gasteiger partial charge in [-0.3, -0.25) is 4.79 Å². The summed E-state index contributed by atoms with van der Waals surface area (Å²) in [5, 5.41) is 0. The molecule has 17 heavy (non-hydrogen) atoms. The molecule has 2 atom stereocenters. The first-order valence-electron chi connectivity index (χ1n) is 5.74. The van der Waals surface area contributed by atoms with Crippen LogP contribution >= 0.6 is 0 Å². The van der Waals surface area contributed by atoms with E-state index in [0.29, 0.717) is 13.0 Å². The molecule has 1 aromatic carbocycles. The van der Waals surface area contributed by atoms with Gasteiger partial charge in [0.15, 0.2) is 17.4 Å². The largest absolute Gasteiger partial charge is 0.377 e. The summed E-state index contributed by atoms with van der Waals surface area (Å²) in [5.74, 6) is -2.31. The van der Waals surface area contributed by atoms with Crippen LogP contribution in [0.5, 0.6) is 0 Å². The van der Waals surface area contributed by atoms with Gasteiger partial charge in [-0.25, -0.2) is 8.78 Å². The highest BCUT2D eigenvalue weighted by atomic mass is 19.2. The normalized spacial score (nSPS) is 23.9. The van der Waals surface area contributed by atoms with Crippen molar-refractivity contribution in [2.45, 2.75) is 25.9 Å². The Bertz CT molecular complexity index is 431. The van der Waals surface area contributed by atoms with Crippen LogP contribution in [0.15, 0.2) is 18.2 Å². The predicted octanol–water partition coefficient (Wildman–Crippen LogP) is 2.96. The van der Waals surface area contributed by atoms with E-state index in [1.807, 2.05) is 6.92 Å². The van der Waals surface area contributed by atoms with Crippen LogP contribution in [-0.4, -0.2) is 18.5 Å². The van der Waals surface area contributed by atoms with Crippen molar-refractivity contribution in [2.75, 3.05) is 6.61 Å². The van der Waals surface area contributed by atoms with E-state index in [-0.39, 0.29) is 23.4 Å². The number of halogens is 2. The molecule has 0 bridgehead atoms. The summed E-state index contributed by atoms with van der Waals surface area (Å²) in [6.07, 6.45) is 1.30. The average molecular weight is 240 g/mol. The zero-order chi connectivity index (χ0) is 12.4. The van der Waals surface area contributed by atoms with Crippen LogP contribution in [0.1, 0.15) is 30.1 Å². The number of ketones is 1. The Morgan fingerprint density at radius 2 is 2.18 bits per heavy atom. The Balaban J connectivity index is 2.21. The second-order valence-electron chi connectivity index (χ2n) is 4.21. The molecular formula is C13H14F2O2. The molecule has 1 aliphatic heterocycles. The van der Waals surface area contributed by atoms with Crippen LogP contribution in [0.3, 0.4) is 0 Å². The smallest absolute Gasteiger partial charge is 0.168 e. The predicted molar refractivity (Wildman–Crippen MR) is 58.8 cm³/mol. The second kappa shape index (κ2) is 4.92. The molecular weight excluding hydrogens is 226 g/mol. The number of hydrogen-bond donors (Lipinski definition) is 0. The van der Waals surface area contributed by atoms with Gasteiger partial charge in [-0.15, -0.1) is 0 Å². The zero-order valence-corrected chi connectivity index (χ0v) is 9.58. The van der Waals surface area contributed by atoms with Crippen molar-refractivity contribution in [3.05, 3.63) is 35.4 Å². The Kier molecular flexibility index (Phi) is 3.52. The Labute approximate surface area is 98.6 Å². The maximum Gasteiger partial charge on any atom is 0.168 e. The summed E-state index contributed by atoms with van der Waals surface area (Å²) in [6.45, 7) is 2.50. The lowest BCUT2D eigenvalue weighted by atomic mass is 9.90. The molecule has 0 aliphatic carbocycles. The van der Waals surface area contributed by atoms with E-state index in [2.05, 4.69) is 0 Å². The second-order valence-corrected chi connectivity index (χ2v) is 4.21. The average Bonchev–Trinajstić information content (AvgIpc) is 2.80. The Hall–Kier alpha value is -1.29. The molecule has 2 rings (SSSR count). The van der Waals surface area contributed by atoms with Crippen LogP contribution in [0.2, 0.25) is 0 Å². The molecule has 4 heteroatoms. The summed E-state index contributed by atoms with van der Waals surface area (Å²) in [4.78, 5) is 12.1. The SMILES string of the molecule is CCC1OCCC1C(=O)c1ccc(F)c(F)c1. The summed E-state index contributed by atoms with van der Waals surface area (Å²) in [5.41, 5.74) is 0.220. The van der Waals surface area contributed by atoms with Crippen molar-refractivity contribution in [1.82, 2.24) is 0 Å². The monoisotopic (exact) mass is 240 g/mol. The molecule has 1 saturated heterocycles. The maximum atomic E-state index is 13.0. The molecule has 1 aromatic rings. The van der Waals surface area contributed by atoms with Gasteiger partial charge in [0.1, 0.15) is 0 Å². The van der Waals surface area contributed by atoms with E-state index in [1.54, 1.807) is 0 Å². The minimum absolute atomic E-state index is 0.101. The van der Waals surface area contributed by atoms with Gasteiger partial charge in [0.2, 0.25) is 0 Å². The Morgan fingerprint density at radius 3 is 2.82 bits per heavy atom. The number of hydrogen-bond acceptors (Lipinski definition) is 2. The van der Waals surface area contributed by atoms with Gasteiger partial charge in [-0.2, -0.15) is 0 Å². The molecule has 0 saturated carbocycles. The lowest BCUT2D eigenvalue weighted by Crippen LogP contribution is -2.23. The van der Waals surface area contributed by atoms with Crippen molar-refractivity contribution < 1.29 is 18.3 Å². The van der Waals surface area contributed by atoms with E-state index in [1.165, 1.54) is 6.07 Å². The van der Waals surface area contributed by atoms with E-state index in [9.17, 15) is 13.6 Å². The minimum Gasteiger partial charge on any atom is -0.377 e. The molecule has 1 fully saturated rings. The first-order chi connectivity index (χ1) is 8.13. The zero-order valence-electron chi connectivity index (χ0n) is 9.58. The van der Waals surface area contributed by atoms with Gasteiger partial charge < -0.3 is 4.74 Å². The van der Waals surface area contributed by atoms with Crippen LogP contribution in [0.4, 0.5) is 8.78 Å². The molecule has 0 radical (unpaired) electrons. The van der Waals surface area contributed by atoms with Gasteiger partial charge in [-0.05, 0) is 31.0 Å². The van der Waals surface area contributed by atoms with Gasteiger partial charge >= 0.3 is 0 Å². The lowest BCUT2D eigenvalue weighted by Gasteiger charge is -2.15. The van der Waals surface area contributed by atoms with E-state index < -0.39 is 11.6 Å². The highest BCUT2D eigenvalue weighted by molar-refractivity contribution is 5.98. The standard InChI is InChI=1S/C13H14F2O2/c1-2-12-9(5-6-17-12)13(16)8-3-4-10(14)11(15)7-8/h3-4,7,9,12H,2,5-6H2,1H3. The van der Waals surface area contributed by atoms with E-state index in [4.69, 9.17) is 4.74 Å². The minimum atomic E-state index is -0.984. The highest BCUT2D eigenvalue weighted by Gasteiger charge is 2.33. The topological polar surface area (TPSA) is 26.3 Å². The molecule has 2 unspecified atom stereocenters. The summed E-state index contributed by atoms with van der Waals surface area (Å²) in [6, 6.07) is 3.27. The quantitative estimate of drug-likeness (QED) is 0.759. The fraction of sp³-hybridized carbons (Fsp3) is 0.462. The van der Waals surface area contributed by atoms with Crippen molar-refractivity contribution in [2.24, 2.45) is 5.92 Å². The number of rotatable bonds is 3. The molecule has 1 aliphatic rings. The first-order valence-corrected chi connectivity index (χ1v) is 5.74. The molecule has 0 spiro atoms. The molecule has 92 valence electrons. The van der Waals surface area contributed by atoms with Crippen LogP contribution in [0.25, 0.3) is 0 Å². The van der Waals surface area contributed by atoms with Crippen LogP contribution in [-0.2, 0) is 4.74 Å². The third-order valence-corrected chi connectivity index (χ3v) is 3.15. The summed E-state index contributed by atoms with van der Waals surface area (Å²) >= 11 is 0. The van der Waals surface area contributed by atoms with Gasteiger partial charge in [0, 0.05) is 12.2 Å². The number of ether oxygens (including phenoxy) is 1. The number of carbonyl (C=O) groups excluding carboxylic acids is 1. The maximum absolute atomic E-state index is 13.0. The summed E-state index contributed by atoms with van der Waals surface area (Å²) < 4.78 is 31.2. The van der Waals surface area contributed by atoms with Gasteiger partial charge in [0.25, 0.3) is 0 Å². The van der Waals surface area contributed by atoms with E-state index in [0.717, 1.165) is 18.6 Å². The summed E-state index contributed by atoms with van der Waals surface area (Å²) in [7, 11) is 0. The number of Topliss-reactive ketones (excluding diaryl/α,β-unsaturated/α-hetero) is 1. The van der Waals surface area contributed by atoms with E-state index >= 15 is 0 Å².